The lowest BCUT2D eigenvalue weighted by Gasteiger charge is -2.13. The molecule has 0 unspecified atom stereocenters. The summed E-state index contributed by atoms with van der Waals surface area (Å²) in [7, 11) is 1.41. The lowest BCUT2D eigenvalue weighted by Crippen LogP contribution is -2.23. The van der Waals surface area contributed by atoms with Gasteiger partial charge in [-0.25, -0.2) is 4.39 Å². The maximum Gasteiger partial charge on any atom is 0.416 e. The molecule has 0 saturated heterocycles. The van der Waals surface area contributed by atoms with E-state index in [0.29, 0.717) is 22.4 Å². The van der Waals surface area contributed by atoms with Crippen LogP contribution in [0.5, 0.6) is 11.5 Å². The highest BCUT2D eigenvalue weighted by Crippen LogP contribution is 2.32. The lowest BCUT2D eigenvalue weighted by molar-refractivity contribution is -0.137. The Bertz CT molecular complexity index is 1260. The highest BCUT2D eigenvalue weighted by molar-refractivity contribution is 6.01. The van der Waals surface area contributed by atoms with Gasteiger partial charge in [0, 0.05) is 6.54 Å². The summed E-state index contributed by atoms with van der Waals surface area (Å²) in [5.74, 6) is -0.474. The Morgan fingerprint density at radius 3 is 2.43 bits per heavy atom. The van der Waals surface area contributed by atoms with E-state index in [2.05, 4.69) is 5.32 Å². The molecule has 0 atom stereocenters. The molecular weight excluding hydrogens is 464 g/mol. The van der Waals surface area contributed by atoms with E-state index in [9.17, 15) is 27.6 Å². The molecule has 0 saturated carbocycles. The normalized spacial score (nSPS) is 11.5. The fraction of sp³-hybridized carbons (Fsp3) is 0.154. The van der Waals surface area contributed by atoms with Crippen LogP contribution >= 0.6 is 0 Å². The predicted molar refractivity (Wildman–Crippen MR) is 121 cm³/mol. The maximum atomic E-state index is 13.0. The molecule has 0 bridgehead atoms. The van der Waals surface area contributed by atoms with Crippen molar-refractivity contribution in [3.63, 3.8) is 0 Å². The van der Waals surface area contributed by atoms with Crippen LogP contribution in [0.1, 0.15) is 22.3 Å². The number of nitrogens with zero attached hydrogens (tertiary/aromatic N) is 1. The summed E-state index contributed by atoms with van der Waals surface area (Å²) < 4.78 is 62.8. The Morgan fingerprint density at radius 1 is 1.03 bits per heavy atom. The Kier molecular flexibility index (Phi) is 8.10. The van der Waals surface area contributed by atoms with Crippen LogP contribution in [0, 0.1) is 17.1 Å². The second-order valence-corrected chi connectivity index (χ2v) is 7.38. The minimum absolute atomic E-state index is 0.103. The fourth-order valence-corrected chi connectivity index (χ4v) is 3.09. The van der Waals surface area contributed by atoms with E-state index in [1.54, 1.807) is 12.1 Å². The van der Waals surface area contributed by atoms with Crippen LogP contribution in [0.25, 0.3) is 6.08 Å². The number of carbonyl (C=O) groups excluding carboxylic acids is 1. The van der Waals surface area contributed by atoms with Gasteiger partial charge < -0.3 is 14.8 Å². The van der Waals surface area contributed by atoms with Crippen molar-refractivity contribution in [1.82, 2.24) is 5.32 Å². The largest absolute Gasteiger partial charge is 0.493 e. The van der Waals surface area contributed by atoms with Crippen LogP contribution in [0.3, 0.4) is 0 Å². The SMILES string of the molecule is COc1ccc(/C=C(\C#N)C(=O)NCc2ccc(F)cc2)cc1OCc1cccc(C(F)(F)F)c1. The zero-order valence-corrected chi connectivity index (χ0v) is 18.5. The van der Waals surface area contributed by atoms with E-state index in [0.717, 1.165) is 12.1 Å². The molecule has 0 fully saturated rings. The molecule has 3 aromatic rings. The zero-order chi connectivity index (χ0) is 25.4. The number of amides is 1. The third kappa shape index (κ3) is 7.08. The van der Waals surface area contributed by atoms with Gasteiger partial charge in [0.15, 0.2) is 11.5 Å². The van der Waals surface area contributed by atoms with Crippen LogP contribution in [-0.4, -0.2) is 13.0 Å². The Balaban J connectivity index is 1.74. The summed E-state index contributed by atoms with van der Waals surface area (Å²) in [6.07, 6.45) is -3.13. The number of rotatable bonds is 8. The van der Waals surface area contributed by atoms with E-state index in [1.807, 2.05) is 6.07 Å². The number of alkyl halides is 3. The number of carbonyl (C=O) groups is 1. The molecule has 3 aromatic carbocycles. The second-order valence-electron chi connectivity index (χ2n) is 7.38. The first-order valence-corrected chi connectivity index (χ1v) is 10.3. The Labute approximate surface area is 199 Å². The van der Waals surface area contributed by atoms with E-state index in [4.69, 9.17) is 9.47 Å². The first-order chi connectivity index (χ1) is 16.7. The minimum Gasteiger partial charge on any atom is -0.493 e. The Morgan fingerprint density at radius 2 is 1.77 bits per heavy atom. The number of nitrogens with one attached hydrogen (secondary N) is 1. The van der Waals surface area contributed by atoms with Crippen molar-refractivity contribution in [3.05, 3.63) is 100 Å². The third-order valence-electron chi connectivity index (χ3n) is 4.88. The molecule has 35 heavy (non-hydrogen) atoms. The molecule has 0 aliphatic carbocycles. The number of halogens is 4. The molecule has 0 spiro atoms. The number of nitriles is 1. The Hall–Kier alpha value is -4.32. The molecule has 0 radical (unpaired) electrons. The van der Waals surface area contributed by atoms with Crippen molar-refractivity contribution >= 4 is 12.0 Å². The van der Waals surface area contributed by atoms with Crippen LogP contribution in [0.4, 0.5) is 17.6 Å². The molecule has 0 aliphatic rings. The highest BCUT2D eigenvalue weighted by Gasteiger charge is 2.30. The molecule has 9 heteroatoms. The molecular formula is C26H20F4N2O3. The molecule has 0 aliphatic heterocycles. The minimum atomic E-state index is -4.47. The van der Waals surface area contributed by atoms with Crippen LogP contribution in [0.2, 0.25) is 0 Å². The molecule has 1 N–H and O–H groups in total. The van der Waals surface area contributed by atoms with Crippen molar-refractivity contribution in [2.45, 2.75) is 19.3 Å². The summed E-state index contributed by atoms with van der Waals surface area (Å²) in [6.45, 7) is -0.0528. The third-order valence-corrected chi connectivity index (χ3v) is 4.88. The molecule has 180 valence electrons. The van der Waals surface area contributed by atoms with Crippen LogP contribution < -0.4 is 14.8 Å². The van der Waals surface area contributed by atoms with Crippen LogP contribution in [0.15, 0.2) is 72.3 Å². The van der Waals surface area contributed by atoms with Gasteiger partial charge in [-0.2, -0.15) is 18.4 Å². The van der Waals surface area contributed by atoms with E-state index in [1.165, 1.54) is 55.7 Å². The quantitative estimate of drug-likeness (QED) is 0.255. The van der Waals surface area contributed by atoms with Gasteiger partial charge in [0.25, 0.3) is 5.91 Å². The number of benzene rings is 3. The highest BCUT2D eigenvalue weighted by atomic mass is 19.4. The summed E-state index contributed by atoms with van der Waals surface area (Å²) in [5, 5.41) is 12.0. The summed E-state index contributed by atoms with van der Waals surface area (Å²) in [4.78, 5) is 12.4. The standard InChI is InChI=1S/C26H20F4N2O3/c1-34-23-10-7-18(11-20(14-31)25(33)32-15-17-5-8-22(27)9-6-17)13-24(23)35-16-19-3-2-4-21(12-19)26(28,29)30/h2-13H,15-16H2,1H3,(H,32,33)/b20-11+. The second kappa shape index (κ2) is 11.2. The molecule has 3 rings (SSSR count). The fourth-order valence-electron chi connectivity index (χ4n) is 3.09. The smallest absolute Gasteiger partial charge is 0.416 e. The number of methoxy groups -OCH3 is 1. The van der Waals surface area contributed by atoms with Crippen LogP contribution in [-0.2, 0) is 24.1 Å². The lowest BCUT2D eigenvalue weighted by atomic mass is 10.1. The van der Waals surface area contributed by atoms with Crippen molar-refractivity contribution in [3.8, 4) is 17.6 Å². The van der Waals surface area contributed by atoms with Gasteiger partial charge in [-0.15, -0.1) is 0 Å². The average molecular weight is 484 g/mol. The van der Waals surface area contributed by atoms with Crippen molar-refractivity contribution < 1.29 is 31.8 Å². The summed E-state index contributed by atoms with van der Waals surface area (Å²) >= 11 is 0. The maximum absolute atomic E-state index is 13.0. The van der Waals surface area contributed by atoms with E-state index < -0.39 is 23.5 Å². The first kappa shape index (κ1) is 25.3. The van der Waals surface area contributed by atoms with Crippen molar-refractivity contribution in [2.75, 3.05) is 7.11 Å². The monoisotopic (exact) mass is 484 g/mol. The van der Waals surface area contributed by atoms with Crippen molar-refractivity contribution in [1.29, 1.82) is 5.26 Å². The number of hydrogen-bond acceptors (Lipinski definition) is 4. The first-order valence-electron chi connectivity index (χ1n) is 10.3. The molecule has 0 heterocycles. The number of ether oxygens (including phenoxy) is 2. The molecule has 0 aromatic heterocycles. The topological polar surface area (TPSA) is 71.3 Å². The van der Waals surface area contributed by atoms with Crippen molar-refractivity contribution in [2.24, 2.45) is 0 Å². The molecule has 5 nitrogen and oxygen atoms in total. The summed E-state index contributed by atoms with van der Waals surface area (Å²) in [6, 6.07) is 16.8. The summed E-state index contributed by atoms with van der Waals surface area (Å²) in [5.41, 5.74) is 0.444. The number of hydrogen-bond donors (Lipinski definition) is 1. The van der Waals surface area contributed by atoms with Gasteiger partial charge in [0.1, 0.15) is 24.1 Å². The predicted octanol–water partition coefficient (Wildman–Crippen LogP) is 5.66. The van der Waals surface area contributed by atoms with E-state index in [-0.39, 0.29) is 24.5 Å². The van der Waals surface area contributed by atoms with Gasteiger partial charge in [0.05, 0.1) is 12.7 Å². The average Bonchev–Trinajstić information content (AvgIpc) is 2.85. The van der Waals surface area contributed by atoms with E-state index >= 15 is 0 Å². The van der Waals surface area contributed by atoms with Gasteiger partial charge >= 0.3 is 6.18 Å². The zero-order valence-electron chi connectivity index (χ0n) is 18.5. The molecule has 1 amide bonds. The van der Waals surface area contributed by atoms with Gasteiger partial charge in [-0.1, -0.05) is 30.3 Å². The van der Waals surface area contributed by atoms with Gasteiger partial charge in [0.2, 0.25) is 0 Å². The van der Waals surface area contributed by atoms with Gasteiger partial charge in [-0.05, 0) is 59.2 Å². The van der Waals surface area contributed by atoms with Gasteiger partial charge in [-0.3, -0.25) is 4.79 Å².